The molecule has 2 atom stereocenters. The van der Waals surface area contributed by atoms with E-state index < -0.39 is 0 Å². The molecule has 2 bridgehead atoms. The van der Waals surface area contributed by atoms with Crippen LogP contribution in [0.4, 0.5) is 0 Å². The number of nitrogens with two attached hydrogens (primary N) is 1. The Balaban J connectivity index is 1.81. The lowest BCUT2D eigenvalue weighted by molar-refractivity contribution is 0.720. The fraction of sp³-hybridized carbons (Fsp3) is 0.250. The SMILES string of the molecule is Cc1cccc(C(N)=C(C2=NC3CCC2C3)c2ccnc3ccc(C#N)cc23)n1. The van der Waals surface area contributed by atoms with Crippen LogP contribution >= 0.6 is 0 Å². The van der Waals surface area contributed by atoms with Crippen LogP contribution in [0.25, 0.3) is 22.2 Å². The molecule has 0 radical (unpaired) electrons. The summed E-state index contributed by atoms with van der Waals surface area (Å²) in [5, 5.41) is 10.3. The third-order valence-corrected chi connectivity index (χ3v) is 5.94. The van der Waals surface area contributed by atoms with Crippen LogP contribution < -0.4 is 5.73 Å². The van der Waals surface area contributed by atoms with E-state index >= 15 is 0 Å². The Kier molecular flexibility index (Phi) is 4.13. The van der Waals surface area contributed by atoms with E-state index in [1.165, 1.54) is 0 Å². The van der Waals surface area contributed by atoms with Gasteiger partial charge in [0.2, 0.25) is 0 Å². The molecule has 0 spiro atoms. The second-order valence-corrected chi connectivity index (χ2v) is 7.83. The molecule has 1 saturated carbocycles. The minimum Gasteiger partial charge on any atom is -0.396 e. The number of fused-ring (bicyclic) bond motifs is 3. The predicted octanol–water partition coefficient (Wildman–Crippen LogP) is 4.26. The van der Waals surface area contributed by atoms with Crippen LogP contribution in [0.15, 0.2) is 53.7 Å². The molecule has 1 aliphatic carbocycles. The molecule has 3 aromatic rings. The maximum absolute atomic E-state index is 9.40. The molecular formula is C24H21N5. The molecule has 1 fully saturated rings. The van der Waals surface area contributed by atoms with E-state index in [1.54, 1.807) is 12.3 Å². The maximum atomic E-state index is 9.40. The standard InChI is InChI=1S/C24H21N5/c1-14-3-2-4-21(28-14)23(26)22(24-16-6-7-17(12-16)29-24)18-9-10-27-20-8-5-15(13-25)11-19(18)20/h2-5,8-11,16-17H,6-7,12,26H2,1H3. The maximum Gasteiger partial charge on any atom is 0.0991 e. The van der Waals surface area contributed by atoms with Crippen molar-refractivity contribution in [2.75, 3.05) is 0 Å². The minimum absolute atomic E-state index is 0.394. The molecule has 5 heteroatoms. The summed E-state index contributed by atoms with van der Waals surface area (Å²) in [6.45, 7) is 1.96. The van der Waals surface area contributed by atoms with Crippen molar-refractivity contribution in [3.63, 3.8) is 0 Å². The average molecular weight is 379 g/mol. The highest BCUT2D eigenvalue weighted by Crippen LogP contribution is 2.42. The molecule has 2 aromatic heterocycles. The second-order valence-electron chi connectivity index (χ2n) is 7.83. The van der Waals surface area contributed by atoms with Crippen LogP contribution in [0.5, 0.6) is 0 Å². The van der Waals surface area contributed by atoms with Gasteiger partial charge in [-0.05, 0) is 68.1 Å². The molecular weight excluding hydrogens is 358 g/mol. The second kappa shape index (κ2) is 6.82. The van der Waals surface area contributed by atoms with Gasteiger partial charge in [-0.1, -0.05) is 6.07 Å². The molecule has 142 valence electrons. The molecule has 2 N–H and O–H groups in total. The van der Waals surface area contributed by atoms with Crippen LogP contribution in [0.2, 0.25) is 0 Å². The molecule has 1 aromatic carbocycles. The minimum atomic E-state index is 0.394. The molecule has 29 heavy (non-hydrogen) atoms. The Bertz CT molecular complexity index is 1230. The molecule has 0 amide bonds. The van der Waals surface area contributed by atoms with Gasteiger partial charge >= 0.3 is 0 Å². The summed E-state index contributed by atoms with van der Waals surface area (Å²) >= 11 is 0. The number of benzene rings is 1. The number of nitriles is 1. The Morgan fingerprint density at radius 1 is 1.17 bits per heavy atom. The van der Waals surface area contributed by atoms with E-state index in [2.05, 4.69) is 16.0 Å². The summed E-state index contributed by atoms with van der Waals surface area (Å²) in [6, 6.07) is 16.1. The molecule has 3 heterocycles. The van der Waals surface area contributed by atoms with Crippen LogP contribution in [-0.2, 0) is 0 Å². The monoisotopic (exact) mass is 379 g/mol. The first-order valence-corrected chi connectivity index (χ1v) is 9.95. The molecule has 0 saturated heterocycles. The van der Waals surface area contributed by atoms with Crippen molar-refractivity contribution in [2.24, 2.45) is 16.6 Å². The van der Waals surface area contributed by atoms with Crippen LogP contribution in [0.1, 0.15) is 41.8 Å². The van der Waals surface area contributed by atoms with Crippen molar-refractivity contribution in [3.8, 4) is 6.07 Å². The van der Waals surface area contributed by atoms with Crippen molar-refractivity contribution >= 4 is 27.9 Å². The van der Waals surface area contributed by atoms with Gasteiger partial charge in [-0.15, -0.1) is 0 Å². The number of hydrogen-bond donors (Lipinski definition) is 1. The summed E-state index contributed by atoms with van der Waals surface area (Å²) in [5.74, 6) is 0.431. The number of pyridine rings is 2. The zero-order chi connectivity index (χ0) is 20.0. The largest absolute Gasteiger partial charge is 0.396 e. The number of allylic oxidation sites excluding steroid dienone is 1. The van der Waals surface area contributed by atoms with Crippen molar-refractivity contribution in [3.05, 3.63) is 71.2 Å². The zero-order valence-corrected chi connectivity index (χ0v) is 16.3. The first kappa shape index (κ1) is 17.6. The van der Waals surface area contributed by atoms with Crippen molar-refractivity contribution < 1.29 is 0 Å². The van der Waals surface area contributed by atoms with Crippen LogP contribution in [0.3, 0.4) is 0 Å². The molecule has 1 aliphatic heterocycles. The quantitative estimate of drug-likeness (QED) is 0.736. The summed E-state index contributed by atoms with van der Waals surface area (Å²) in [7, 11) is 0. The predicted molar refractivity (Wildman–Crippen MR) is 115 cm³/mol. The van der Waals surface area contributed by atoms with Gasteiger partial charge in [0.15, 0.2) is 0 Å². The first-order chi connectivity index (χ1) is 14.1. The fourth-order valence-electron chi connectivity index (χ4n) is 4.57. The Labute approximate surface area is 169 Å². The lowest BCUT2D eigenvalue weighted by atomic mass is 9.87. The Hall–Kier alpha value is -3.52. The summed E-state index contributed by atoms with van der Waals surface area (Å²) in [4.78, 5) is 14.2. The summed E-state index contributed by atoms with van der Waals surface area (Å²) < 4.78 is 0. The summed E-state index contributed by atoms with van der Waals surface area (Å²) in [6.07, 6.45) is 5.20. The van der Waals surface area contributed by atoms with Crippen LogP contribution in [-0.4, -0.2) is 21.7 Å². The number of aromatic nitrogens is 2. The third kappa shape index (κ3) is 2.98. The van der Waals surface area contributed by atoms with Crippen molar-refractivity contribution in [2.45, 2.75) is 32.2 Å². The fourth-order valence-corrected chi connectivity index (χ4v) is 4.57. The van der Waals surface area contributed by atoms with Gasteiger partial charge in [-0.3, -0.25) is 15.0 Å². The van der Waals surface area contributed by atoms with Gasteiger partial charge in [-0.2, -0.15) is 5.26 Å². The van der Waals surface area contributed by atoms with E-state index in [-0.39, 0.29) is 0 Å². The van der Waals surface area contributed by atoms with Crippen molar-refractivity contribution in [1.82, 2.24) is 9.97 Å². The van der Waals surface area contributed by atoms with E-state index in [9.17, 15) is 5.26 Å². The molecule has 5 rings (SSSR count). The van der Waals surface area contributed by atoms with Gasteiger partial charge < -0.3 is 5.73 Å². The van der Waals surface area contributed by atoms with Gasteiger partial charge in [0.1, 0.15) is 0 Å². The lowest BCUT2D eigenvalue weighted by Crippen LogP contribution is -2.17. The summed E-state index contributed by atoms with van der Waals surface area (Å²) in [5.41, 5.74) is 13.5. The number of nitrogens with zero attached hydrogens (tertiary/aromatic N) is 4. The Morgan fingerprint density at radius 2 is 2.07 bits per heavy atom. The number of rotatable bonds is 3. The Morgan fingerprint density at radius 3 is 2.79 bits per heavy atom. The highest BCUT2D eigenvalue weighted by molar-refractivity contribution is 6.33. The van der Waals surface area contributed by atoms with Gasteiger partial charge in [0, 0.05) is 34.5 Å². The van der Waals surface area contributed by atoms with Crippen molar-refractivity contribution in [1.29, 1.82) is 5.26 Å². The highest BCUT2D eigenvalue weighted by atomic mass is 14.9. The van der Waals surface area contributed by atoms with E-state index in [0.29, 0.717) is 23.2 Å². The van der Waals surface area contributed by atoms with Gasteiger partial charge in [0.05, 0.1) is 34.6 Å². The number of aliphatic imine (C=N–C) groups is 1. The smallest absolute Gasteiger partial charge is 0.0991 e. The van der Waals surface area contributed by atoms with Crippen LogP contribution in [0, 0.1) is 24.2 Å². The third-order valence-electron chi connectivity index (χ3n) is 5.94. The molecule has 2 aliphatic rings. The lowest BCUT2D eigenvalue weighted by Gasteiger charge is -2.20. The average Bonchev–Trinajstić information content (AvgIpc) is 3.37. The normalized spacial score (nSPS) is 21.0. The number of aryl methyl sites for hydroxylation is 1. The van der Waals surface area contributed by atoms with E-state index in [4.69, 9.17) is 10.7 Å². The molecule has 5 nitrogen and oxygen atoms in total. The topological polar surface area (TPSA) is 88.0 Å². The first-order valence-electron chi connectivity index (χ1n) is 9.95. The van der Waals surface area contributed by atoms with Gasteiger partial charge in [0.25, 0.3) is 0 Å². The number of hydrogen-bond acceptors (Lipinski definition) is 5. The zero-order valence-electron chi connectivity index (χ0n) is 16.3. The van der Waals surface area contributed by atoms with E-state index in [0.717, 1.165) is 58.4 Å². The van der Waals surface area contributed by atoms with E-state index in [1.807, 2.05) is 43.3 Å². The molecule has 2 unspecified atom stereocenters. The van der Waals surface area contributed by atoms with Gasteiger partial charge in [-0.25, -0.2) is 0 Å². The highest BCUT2D eigenvalue weighted by Gasteiger charge is 2.37.